The molecule has 112 valence electrons. The van der Waals surface area contributed by atoms with Crippen LogP contribution in [0.5, 0.6) is 0 Å². The summed E-state index contributed by atoms with van der Waals surface area (Å²) in [6.45, 7) is 0. The molecule has 0 aliphatic carbocycles. The third kappa shape index (κ3) is 4.00. The lowest BCUT2D eigenvalue weighted by Gasteiger charge is -2.15. The summed E-state index contributed by atoms with van der Waals surface area (Å²) >= 11 is 7.88. The van der Waals surface area contributed by atoms with Crippen LogP contribution in [0, 0.1) is 0 Å². The summed E-state index contributed by atoms with van der Waals surface area (Å²) in [6, 6.07) is 6.56. The highest BCUT2D eigenvalue weighted by Crippen LogP contribution is 2.28. The molecule has 1 aromatic carbocycles. The number of hydrogen-bond donors (Lipinski definition) is 2. The van der Waals surface area contributed by atoms with Crippen LogP contribution in [0.3, 0.4) is 0 Å². The predicted molar refractivity (Wildman–Crippen MR) is 88.2 cm³/mol. The molecule has 1 aromatic heterocycles. The Morgan fingerprint density at radius 1 is 1.52 bits per heavy atom. The molecule has 0 fully saturated rings. The lowest BCUT2D eigenvalue weighted by molar-refractivity contribution is -0.117. The molecule has 0 bridgehead atoms. The molecule has 1 heterocycles. The average molecular weight is 325 g/mol. The molecule has 0 aliphatic heterocycles. The normalized spacial score (nSPS) is 12.1. The molecule has 0 radical (unpaired) electrons. The van der Waals surface area contributed by atoms with E-state index in [2.05, 4.69) is 10.4 Å². The number of benzene rings is 1. The fourth-order valence-electron chi connectivity index (χ4n) is 1.85. The number of nitrogens with one attached hydrogen (secondary N) is 1. The van der Waals surface area contributed by atoms with Crippen molar-refractivity contribution in [1.82, 2.24) is 9.78 Å². The van der Waals surface area contributed by atoms with E-state index in [1.54, 1.807) is 53.1 Å². The van der Waals surface area contributed by atoms with E-state index in [1.807, 2.05) is 6.26 Å². The first-order chi connectivity index (χ1) is 10.1. The fourth-order valence-corrected chi connectivity index (χ4v) is 2.60. The van der Waals surface area contributed by atoms with Crippen molar-refractivity contribution in [3.8, 4) is 5.69 Å². The van der Waals surface area contributed by atoms with Gasteiger partial charge in [0.1, 0.15) is 5.69 Å². The molecule has 0 unspecified atom stereocenters. The summed E-state index contributed by atoms with van der Waals surface area (Å²) in [6.07, 6.45) is 6.03. The minimum atomic E-state index is -0.540. The number of halogens is 1. The topological polar surface area (TPSA) is 72.9 Å². The summed E-state index contributed by atoms with van der Waals surface area (Å²) < 4.78 is 1.62. The van der Waals surface area contributed by atoms with Crippen molar-refractivity contribution in [2.24, 2.45) is 5.73 Å². The van der Waals surface area contributed by atoms with Crippen LogP contribution < -0.4 is 11.1 Å². The highest BCUT2D eigenvalue weighted by molar-refractivity contribution is 7.98. The number of hydrogen-bond acceptors (Lipinski definition) is 4. The van der Waals surface area contributed by atoms with E-state index in [4.69, 9.17) is 17.3 Å². The van der Waals surface area contributed by atoms with Gasteiger partial charge >= 0.3 is 0 Å². The van der Waals surface area contributed by atoms with Crippen LogP contribution in [0.1, 0.15) is 6.42 Å². The number of anilines is 1. The molecule has 0 saturated carbocycles. The van der Waals surface area contributed by atoms with Crippen LogP contribution in [0.25, 0.3) is 5.69 Å². The highest BCUT2D eigenvalue weighted by atomic mass is 35.5. The van der Waals surface area contributed by atoms with Gasteiger partial charge in [-0.15, -0.1) is 0 Å². The Balaban J connectivity index is 2.21. The summed E-state index contributed by atoms with van der Waals surface area (Å²) in [5.74, 6) is 0.621. The van der Waals surface area contributed by atoms with Gasteiger partial charge in [-0.05, 0) is 36.6 Å². The van der Waals surface area contributed by atoms with Gasteiger partial charge in [-0.2, -0.15) is 16.9 Å². The number of carbonyl (C=O) groups excluding carboxylic acids is 1. The van der Waals surface area contributed by atoms with Crippen molar-refractivity contribution in [2.75, 3.05) is 17.3 Å². The molecular formula is C14H17ClN4OS. The number of rotatable bonds is 6. The van der Waals surface area contributed by atoms with Gasteiger partial charge in [0, 0.05) is 12.4 Å². The molecule has 0 saturated heterocycles. The number of carbonyl (C=O) groups is 1. The van der Waals surface area contributed by atoms with Crippen molar-refractivity contribution in [1.29, 1.82) is 0 Å². The second-order valence-corrected chi connectivity index (χ2v) is 5.86. The maximum absolute atomic E-state index is 12.1. The molecule has 1 amide bonds. The van der Waals surface area contributed by atoms with E-state index < -0.39 is 6.04 Å². The summed E-state index contributed by atoms with van der Waals surface area (Å²) in [4.78, 5) is 12.1. The zero-order valence-corrected chi connectivity index (χ0v) is 13.2. The van der Waals surface area contributed by atoms with E-state index in [1.165, 1.54) is 0 Å². The number of thioether (sulfide) groups is 1. The smallest absolute Gasteiger partial charge is 0.241 e. The van der Waals surface area contributed by atoms with Crippen LogP contribution >= 0.6 is 23.4 Å². The zero-order valence-electron chi connectivity index (χ0n) is 11.6. The van der Waals surface area contributed by atoms with E-state index in [0.29, 0.717) is 22.8 Å². The van der Waals surface area contributed by atoms with Crippen molar-refractivity contribution < 1.29 is 4.79 Å². The Morgan fingerprint density at radius 3 is 3.00 bits per heavy atom. The molecule has 0 spiro atoms. The molecule has 3 N–H and O–H groups in total. The van der Waals surface area contributed by atoms with E-state index in [0.717, 1.165) is 5.75 Å². The number of nitrogens with two attached hydrogens (primary N) is 1. The summed E-state index contributed by atoms with van der Waals surface area (Å²) in [5.41, 5.74) is 7.10. The van der Waals surface area contributed by atoms with Crippen LogP contribution in [-0.4, -0.2) is 33.7 Å². The maximum Gasteiger partial charge on any atom is 0.241 e. The maximum atomic E-state index is 12.1. The van der Waals surface area contributed by atoms with Crippen LogP contribution in [0.4, 0.5) is 5.69 Å². The van der Waals surface area contributed by atoms with Gasteiger partial charge in [0.15, 0.2) is 0 Å². The SMILES string of the molecule is CSCC[C@H](N)C(=O)Nc1cccc(Cl)c1-n1cccn1. The molecule has 2 rings (SSSR count). The Kier molecular flexibility index (Phi) is 5.67. The molecule has 1 atom stereocenters. The second kappa shape index (κ2) is 7.49. The lowest BCUT2D eigenvalue weighted by atomic mass is 10.2. The largest absolute Gasteiger partial charge is 0.323 e. The highest BCUT2D eigenvalue weighted by Gasteiger charge is 2.16. The Labute approximate surface area is 132 Å². The average Bonchev–Trinajstić information content (AvgIpc) is 2.98. The first-order valence-corrected chi connectivity index (χ1v) is 8.24. The number of amides is 1. The van der Waals surface area contributed by atoms with Crippen LogP contribution in [-0.2, 0) is 4.79 Å². The fraction of sp³-hybridized carbons (Fsp3) is 0.286. The summed E-state index contributed by atoms with van der Waals surface area (Å²) in [5, 5.41) is 7.49. The predicted octanol–water partition coefficient (Wildman–Crippen LogP) is 2.54. The van der Waals surface area contributed by atoms with Gasteiger partial charge < -0.3 is 11.1 Å². The minimum absolute atomic E-state index is 0.222. The number of para-hydroxylation sites is 1. The molecule has 5 nitrogen and oxygen atoms in total. The van der Waals surface area contributed by atoms with Gasteiger partial charge in [-0.3, -0.25) is 4.79 Å². The van der Waals surface area contributed by atoms with Crippen molar-refractivity contribution in [3.05, 3.63) is 41.7 Å². The van der Waals surface area contributed by atoms with E-state index in [9.17, 15) is 4.79 Å². The van der Waals surface area contributed by atoms with Crippen molar-refractivity contribution >= 4 is 35.0 Å². The van der Waals surface area contributed by atoms with Crippen LogP contribution in [0.2, 0.25) is 5.02 Å². The monoisotopic (exact) mass is 324 g/mol. The first-order valence-electron chi connectivity index (χ1n) is 6.47. The minimum Gasteiger partial charge on any atom is -0.323 e. The molecular weight excluding hydrogens is 308 g/mol. The van der Waals surface area contributed by atoms with E-state index in [-0.39, 0.29) is 5.91 Å². The first kappa shape index (κ1) is 15.9. The third-order valence-corrected chi connectivity index (χ3v) is 3.90. The lowest BCUT2D eigenvalue weighted by Crippen LogP contribution is -2.36. The quantitative estimate of drug-likeness (QED) is 0.856. The Bertz CT molecular complexity index is 603. The number of aromatic nitrogens is 2. The van der Waals surface area contributed by atoms with Gasteiger partial charge in [-0.1, -0.05) is 17.7 Å². The Hall–Kier alpha value is -1.50. The molecule has 0 aliphatic rings. The number of nitrogens with zero attached hydrogens (tertiary/aromatic N) is 2. The molecule has 21 heavy (non-hydrogen) atoms. The standard InChI is InChI=1S/C14H17ClN4OS/c1-21-9-6-11(16)14(20)18-12-5-2-4-10(15)13(12)19-8-3-7-17-19/h2-5,7-8,11H,6,9,16H2,1H3,(H,18,20)/t11-/m0/s1. The van der Waals surface area contributed by atoms with Gasteiger partial charge in [-0.25, -0.2) is 4.68 Å². The second-order valence-electron chi connectivity index (χ2n) is 4.46. The van der Waals surface area contributed by atoms with Crippen LogP contribution in [0.15, 0.2) is 36.7 Å². The third-order valence-electron chi connectivity index (χ3n) is 2.95. The van der Waals surface area contributed by atoms with E-state index >= 15 is 0 Å². The van der Waals surface area contributed by atoms with Crippen molar-refractivity contribution in [3.63, 3.8) is 0 Å². The van der Waals surface area contributed by atoms with Gasteiger partial charge in [0.2, 0.25) is 5.91 Å². The van der Waals surface area contributed by atoms with Gasteiger partial charge in [0.25, 0.3) is 0 Å². The summed E-state index contributed by atoms with van der Waals surface area (Å²) in [7, 11) is 0. The Morgan fingerprint density at radius 2 is 2.33 bits per heavy atom. The zero-order chi connectivity index (χ0) is 15.2. The van der Waals surface area contributed by atoms with Gasteiger partial charge in [0.05, 0.1) is 16.8 Å². The molecule has 2 aromatic rings. The van der Waals surface area contributed by atoms with Crippen molar-refractivity contribution in [2.45, 2.75) is 12.5 Å². The molecule has 7 heteroatoms.